The topological polar surface area (TPSA) is 72.2 Å². The number of anilines is 1. The van der Waals surface area contributed by atoms with Crippen molar-refractivity contribution in [2.24, 2.45) is 0 Å². The van der Waals surface area contributed by atoms with Crippen molar-refractivity contribution in [1.29, 1.82) is 0 Å². The molecule has 0 spiro atoms. The summed E-state index contributed by atoms with van der Waals surface area (Å²) in [5, 5.41) is 4.29. The molecule has 0 saturated heterocycles. The van der Waals surface area contributed by atoms with Gasteiger partial charge in [0.1, 0.15) is 0 Å². The van der Waals surface area contributed by atoms with Crippen molar-refractivity contribution in [2.75, 3.05) is 5.32 Å². The number of aryl methyl sites for hydroxylation is 1. The van der Waals surface area contributed by atoms with Crippen LogP contribution >= 0.6 is 11.3 Å². The standard InChI is InChI=1S/C21H16N2O3S/c1-13-5-4-6-14(9-13)10-16-12-22-21(27-16)23-19(24)18-11-15-7-2-3-8-17(15)20(25)26-18/h2-9,11-12H,10H2,1H3,(H,22,23,24). The maximum absolute atomic E-state index is 12.4. The molecule has 134 valence electrons. The average Bonchev–Trinajstić information content (AvgIpc) is 3.08. The van der Waals surface area contributed by atoms with Crippen LogP contribution in [-0.2, 0) is 6.42 Å². The maximum atomic E-state index is 12.4. The molecule has 4 aromatic rings. The average molecular weight is 376 g/mol. The predicted molar refractivity (Wildman–Crippen MR) is 107 cm³/mol. The Bertz CT molecular complexity index is 1190. The first-order chi connectivity index (χ1) is 13.1. The van der Waals surface area contributed by atoms with Gasteiger partial charge in [-0.2, -0.15) is 0 Å². The van der Waals surface area contributed by atoms with Crippen molar-refractivity contribution in [3.05, 3.63) is 93.0 Å². The Balaban J connectivity index is 1.52. The van der Waals surface area contributed by atoms with Crippen molar-refractivity contribution >= 4 is 33.1 Å². The van der Waals surface area contributed by atoms with Crippen LogP contribution in [0.15, 0.2) is 70.0 Å². The van der Waals surface area contributed by atoms with Gasteiger partial charge in [0, 0.05) is 17.5 Å². The quantitative estimate of drug-likeness (QED) is 0.573. The predicted octanol–water partition coefficient (Wildman–Crippen LogP) is 4.40. The van der Waals surface area contributed by atoms with E-state index in [1.165, 1.54) is 22.5 Å². The first kappa shape index (κ1) is 17.2. The molecule has 5 nitrogen and oxygen atoms in total. The molecule has 0 fully saturated rings. The number of nitrogens with one attached hydrogen (secondary N) is 1. The molecule has 1 N–H and O–H groups in total. The van der Waals surface area contributed by atoms with Crippen LogP contribution in [0.25, 0.3) is 10.8 Å². The van der Waals surface area contributed by atoms with E-state index in [1.54, 1.807) is 30.5 Å². The van der Waals surface area contributed by atoms with Crippen molar-refractivity contribution < 1.29 is 9.21 Å². The second-order valence-electron chi connectivity index (χ2n) is 6.24. The monoisotopic (exact) mass is 376 g/mol. The van der Waals surface area contributed by atoms with Crippen molar-refractivity contribution in [3.63, 3.8) is 0 Å². The molecule has 1 amide bonds. The number of amides is 1. The molecule has 27 heavy (non-hydrogen) atoms. The Morgan fingerprint density at radius 3 is 2.85 bits per heavy atom. The molecular formula is C21H16N2O3S. The fraction of sp³-hybridized carbons (Fsp3) is 0.0952. The third kappa shape index (κ3) is 3.80. The lowest BCUT2D eigenvalue weighted by molar-refractivity contribution is 0.0993. The van der Waals surface area contributed by atoms with Gasteiger partial charge in [-0.3, -0.25) is 10.1 Å². The highest BCUT2D eigenvalue weighted by Gasteiger charge is 2.14. The van der Waals surface area contributed by atoms with Crippen molar-refractivity contribution in [2.45, 2.75) is 13.3 Å². The minimum atomic E-state index is -0.530. The molecule has 0 radical (unpaired) electrons. The molecule has 0 bridgehead atoms. The molecule has 2 aromatic heterocycles. The minimum Gasteiger partial charge on any atom is -0.417 e. The zero-order chi connectivity index (χ0) is 18.8. The first-order valence-electron chi connectivity index (χ1n) is 8.43. The molecule has 6 heteroatoms. The normalized spacial score (nSPS) is 10.9. The van der Waals surface area contributed by atoms with Gasteiger partial charge < -0.3 is 4.42 Å². The van der Waals surface area contributed by atoms with Gasteiger partial charge in [0.2, 0.25) is 0 Å². The Morgan fingerprint density at radius 2 is 2.00 bits per heavy atom. The number of fused-ring (bicyclic) bond motifs is 1. The van der Waals surface area contributed by atoms with Gasteiger partial charge in [-0.1, -0.05) is 48.0 Å². The van der Waals surface area contributed by atoms with E-state index in [0.29, 0.717) is 15.9 Å². The summed E-state index contributed by atoms with van der Waals surface area (Å²) >= 11 is 1.40. The van der Waals surface area contributed by atoms with Crippen LogP contribution in [0.3, 0.4) is 0 Å². The molecule has 4 rings (SSSR count). The largest absolute Gasteiger partial charge is 0.417 e. The SMILES string of the molecule is Cc1cccc(Cc2cnc(NC(=O)c3cc4ccccc4c(=O)o3)s2)c1. The van der Waals surface area contributed by atoms with Gasteiger partial charge in [0.05, 0.1) is 5.39 Å². The maximum Gasteiger partial charge on any atom is 0.344 e. The summed E-state index contributed by atoms with van der Waals surface area (Å²) in [6.45, 7) is 2.05. The van der Waals surface area contributed by atoms with E-state index in [2.05, 4.69) is 35.4 Å². The summed E-state index contributed by atoms with van der Waals surface area (Å²) in [5.41, 5.74) is 1.87. The summed E-state index contributed by atoms with van der Waals surface area (Å²) in [5.74, 6) is -0.525. The van der Waals surface area contributed by atoms with Gasteiger partial charge in [-0.15, -0.1) is 11.3 Å². The molecule has 0 aliphatic rings. The lowest BCUT2D eigenvalue weighted by Gasteiger charge is -2.02. The number of carbonyl (C=O) groups is 1. The Hall–Kier alpha value is -3.25. The summed E-state index contributed by atoms with van der Waals surface area (Å²) in [4.78, 5) is 29.8. The lowest BCUT2D eigenvalue weighted by Crippen LogP contribution is -2.14. The minimum absolute atomic E-state index is 0.0332. The number of rotatable bonds is 4. The molecule has 0 aliphatic heterocycles. The molecule has 0 unspecified atom stereocenters. The zero-order valence-electron chi connectivity index (χ0n) is 14.6. The van der Waals surface area contributed by atoms with Crippen LogP contribution in [0.4, 0.5) is 5.13 Å². The number of benzene rings is 2. The first-order valence-corrected chi connectivity index (χ1v) is 9.24. The van der Waals surface area contributed by atoms with E-state index in [1.807, 2.05) is 12.1 Å². The second-order valence-corrected chi connectivity index (χ2v) is 7.35. The second kappa shape index (κ2) is 7.17. The van der Waals surface area contributed by atoms with Crippen LogP contribution in [0, 0.1) is 6.92 Å². The van der Waals surface area contributed by atoms with Crippen molar-refractivity contribution in [3.8, 4) is 0 Å². The zero-order valence-corrected chi connectivity index (χ0v) is 15.4. The molecular weight excluding hydrogens is 360 g/mol. The fourth-order valence-electron chi connectivity index (χ4n) is 2.88. The van der Waals surface area contributed by atoms with Crippen molar-refractivity contribution in [1.82, 2.24) is 4.98 Å². The number of nitrogens with zero attached hydrogens (tertiary/aromatic N) is 1. The smallest absolute Gasteiger partial charge is 0.344 e. The number of thiazole rings is 1. The Kier molecular flexibility index (Phi) is 4.56. The van der Waals surface area contributed by atoms with E-state index < -0.39 is 11.5 Å². The third-order valence-electron chi connectivity index (χ3n) is 4.13. The highest BCUT2D eigenvalue weighted by Crippen LogP contribution is 2.22. The molecule has 0 saturated carbocycles. The number of hydrogen-bond acceptors (Lipinski definition) is 5. The van der Waals surface area contributed by atoms with Crippen LogP contribution < -0.4 is 10.9 Å². The third-order valence-corrected chi connectivity index (χ3v) is 5.04. The summed E-state index contributed by atoms with van der Waals surface area (Å²) in [7, 11) is 0. The Morgan fingerprint density at radius 1 is 1.15 bits per heavy atom. The Labute approximate surface area is 159 Å². The number of hydrogen-bond donors (Lipinski definition) is 1. The van der Waals surface area contributed by atoms with Gasteiger partial charge in [-0.25, -0.2) is 9.78 Å². The van der Waals surface area contributed by atoms with Gasteiger partial charge in [-0.05, 0) is 30.0 Å². The van der Waals surface area contributed by atoms with E-state index in [9.17, 15) is 9.59 Å². The van der Waals surface area contributed by atoms with Crippen LogP contribution in [-0.4, -0.2) is 10.9 Å². The van der Waals surface area contributed by atoms with E-state index in [0.717, 1.165) is 11.3 Å². The fourth-order valence-corrected chi connectivity index (χ4v) is 3.72. The molecule has 0 aliphatic carbocycles. The lowest BCUT2D eigenvalue weighted by atomic mass is 10.1. The summed E-state index contributed by atoms with van der Waals surface area (Å²) in [6.07, 6.45) is 2.50. The molecule has 2 heterocycles. The molecule has 2 aromatic carbocycles. The summed E-state index contributed by atoms with van der Waals surface area (Å²) < 4.78 is 5.15. The summed E-state index contributed by atoms with van der Waals surface area (Å²) in [6, 6.07) is 16.8. The molecule has 0 atom stereocenters. The number of aromatic nitrogens is 1. The van der Waals surface area contributed by atoms with Crippen LogP contribution in [0.1, 0.15) is 26.6 Å². The highest BCUT2D eigenvalue weighted by atomic mass is 32.1. The number of carbonyl (C=O) groups excluding carboxylic acids is 1. The van der Waals surface area contributed by atoms with E-state index >= 15 is 0 Å². The highest BCUT2D eigenvalue weighted by molar-refractivity contribution is 7.15. The van der Waals surface area contributed by atoms with Gasteiger partial charge >= 0.3 is 5.63 Å². The van der Waals surface area contributed by atoms with E-state index in [4.69, 9.17) is 4.42 Å². The van der Waals surface area contributed by atoms with Gasteiger partial charge in [0.25, 0.3) is 5.91 Å². The van der Waals surface area contributed by atoms with E-state index in [-0.39, 0.29) is 5.76 Å². The van der Waals surface area contributed by atoms with Crippen LogP contribution in [0.2, 0.25) is 0 Å². The van der Waals surface area contributed by atoms with Crippen LogP contribution in [0.5, 0.6) is 0 Å². The van der Waals surface area contributed by atoms with Gasteiger partial charge in [0.15, 0.2) is 10.9 Å².